The number of rotatable bonds is 9. The summed E-state index contributed by atoms with van der Waals surface area (Å²) in [5, 5.41) is 20.7. The summed E-state index contributed by atoms with van der Waals surface area (Å²) in [6, 6.07) is 9.49. The molecule has 2 fully saturated rings. The molecule has 2 aromatic heterocycles. The first-order valence-electron chi connectivity index (χ1n) is 14.5. The third kappa shape index (κ3) is 4.66. The van der Waals surface area contributed by atoms with Crippen LogP contribution in [0.2, 0.25) is 5.02 Å². The van der Waals surface area contributed by atoms with Crippen LogP contribution < -0.4 is 20.5 Å². The summed E-state index contributed by atoms with van der Waals surface area (Å²) >= 11 is 6.01. The van der Waals surface area contributed by atoms with Crippen LogP contribution in [0.1, 0.15) is 60.3 Å². The SMILES string of the molecule is COc1cc(C(=O)NC[C@](O)(c2cc3c(c(-c4ccc(Cl)cc4F)n2)OC[C@]3(C)C(N)=O)C2CC2)cc2cn(C3CC3)nc12. The van der Waals surface area contributed by atoms with Gasteiger partial charge in [-0.15, -0.1) is 0 Å². The maximum Gasteiger partial charge on any atom is 0.251 e. The van der Waals surface area contributed by atoms with E-state index in [0.717, 1.165) is 24.3 Å². The summed E-state index contributed by atoms with van der Waals surface area (Å²) in [6.07, 6.45) is 5.43. The molecule has 0 saturated heterocycles. The van der Waals surface area contributed by atoms with Crippen LogP contribution in [0.5, 0.6) is 11.5 Å². The second-order valence-electron chi connectivity index (χ2n) is 12.2. The van der Waals surface area contributed by atoms with Crippen LogP contribution in [0.3, 0.4) is 0 Å². The third-order valence-electron chi connectivity index (χ3n) is 9.01. The second-order valence-corrected chi connectivity index (χ2v) is 12.6. The number of carbonyl (C=O) groups excluding carboxylic acids is 2. The number of pyridine rings is 1. The van der Waals surface area contributed by atoms with Crippen molar-refractivity contribution >= 4 is 34.3 Å². The number of nitrogens with two attached hydrogens (primary N) is 1. The van der Waals surface area contributed by atoms with E-state index in [1.54, 1.807) is 25.1 Å². The quantitative estimate of drug-likeness (QED) is 0.252. The van der Waals surface area contributed by atoms with Crippen molar-refractivity contribution in [2.24, 2.45) is 11.7 Å². The zero-order valence-electron chi connectivity index (χ0n) is 24.2. The molecule has 3 aliphatic rings. The Balaban J connectivity index is 1.26. The van der Waals surface area contributed by atoms with E-state index in [9.17, 15) is 14.7 Å². The molecule has 10 nitrogen and oxygen atoms in total. The minimum atomic E-state index is -1.63. The molecule has 2 aromatic carbocycles. The topological polar surface area (TPSA) is 142 Å². The largest absolute Gasteiger partial charge is 0.494 e. The van der Waals surface area contributed by atoms with Crippen molar-refractivity contribution in [2.45, 2.75) is 49.7 Å². The van der Waals surface area contributed by atoms with Gasteiger partial charge in [-0.3, -0.25) is 14.3 Å². The summed E-state index contributed by atoms with van der Waals surface area (Å²) in [5.74, 6) is -1.23. The number of fused-ring (bicyclic) bond motifs is 2. The molecule has 12 heteroatoms. The zero-order chi connectivity index (χ0) is 31.0. The molecule has 2 atom stereocenters. The lowest BCUT2D eigenvalue weighted by molar-refractivity contribution is -0.123. The van der Waals surface area contributed by atoms with E-state index < -0.39 is 28.6 Å². The molecular formula is C32H31ClFN5O5. The van der Waals surface area contributed by atoms with E-state index in [1.165, 1.54) is 19.2 Å². The van der Waals surface area contributed by atoms with Crippen molar-refractivity contribution in [3.8, 4) is 22.8 Å². The number of hydrogen-bond acceptors (Lipinski definition) is 7. The summed E-state index contributed by atoms with van der Waals surface area (Å²) < 4.78 is 28.6. The van der Waals surface area contributed by atoms with Gasteiger partial charge in [-0.25, -0.2) is 9.37 Å². The number of nitrogens with zero attached hydrogens (tertiary/aromatic N) is 3. The molecule has 7 rings (SSSR count). The van der Waals surface area contributed by atoms with Gasteiger partial charge in [-0.05, 0) is 74.9 Å². The highest BCUT2D eigenvalue weighted by Gasteiger charge is 2.50. The smallest absolute Gasteiger partial charge is 0.251 e. The minimum absolute atomic E-state index is 0.0642. The number of halogens is 2. The van der Waals surface area contributed by atoms with Crippen LogP contribution in [-0.2, 0) is 15.8 Å². The number of primary amides is 1. The second kappa shape index (κ2) is 10.2. The van der Waals surface area contributed by atoms with Gasteiger partial charge in [0.25, 0.3) is 5.91 Å². The van der Waals surface area contributed by atoms with Gasteiger partial charge in [-0.2, -0.15) is 5.10 Å². The average molecular weight is 620 g/mol. The van der Waals surface area contributed by atoms with E-state index in [2.05, 4.69) is 10.4 Å². The first-order chi connectivity index (χ1) is 21.0. The first-order valence-corrected chi connectivity index (χ1v) is 14.9. The lowest BCUT2D eigenvalue weighted by atomic mass is 9.81. The standard InChI is InChI=1S/C32H31ClFN5O5/c1-31(30(35)41)15-44-28-22(31)12-25(37-27(28)21-8-5-19(33)11-23(21)34)32(42,18-3-4-18)14-36-29(40)16-9-17-13-39(20-6-7-20)38-26(17)24(10-16)43-2/h5,8-13,18,20,42H,3-4,6-7,14-15H2,1-2H3,(H2,35,41)(H,36,40)/t31-,32+/m0/s1. The molecular weight excluding hydrogens is 589 g/mol. The van der Waals surface area contributed by atoms with Crippen LogP contribution in [0.15, 0.2) is 42.6 Å². The molecule has 1 aliphatic heterocycles. The Bertz CT molecular complexity index is 1850. The van der Waals surface area contributed by atoms with Gasteiger partial charge in [0.1, 0.15) is 46.1 Å². The van der Waals surface area contributed by atoms with Crippen LogP contribution in [-0.4, -0.2) is 51.9 Å². The van der Waals surface area contributed by atoms with Crippen molar-refractivity contribution in [3.63, 3.8) is 0 Å². The molecule has 2 saturated carbocycles. The van der Waals surface area contributed by atoms with Crippen molar-refractivity contribution in [1.82, 2.24) is 20.1 Å². The molecule has 0 radical (unpaired) electrons. The monoisotopic (exact) mass is 619 g/mol. The fraction of sp³-hybridized carbons (Fsp3) is 0.375. The predicted octanol–water partition coefficient (Wildman–Crippen LogP) is 4.40. The molecule has 4 aromatic rings. The number of methoxy groups -OCH3 is 1. The highest BCUT2D eigenvalue weighted by molar-refractivity contribution is 6.30. The highest BCUT2D eigenvalue weighted by atomic mass is 35.5. The maximum absolute atomic E-state index is 15.2. The molecule has 4 N–H and O–H groups in total. The fourth-order valence-corrected chi connectivity index (χ4v) is 6.09. The van der Waals surface area contributed by atoms with Crippen LogP contribution in [0.25, 0.3) is 22.2 Å². The van der Waals surface area contributed by atoms with Gasteiger partial charge in [0.2, 0.25) is 5.91 Å². The number of ether oxygens (including phenoxy) is 2. The third-order valence-corrected chi connectivity index (χ3v) is 9.25. The maximum atomic E-state index is 15.2. The molecule has 228 valence electrons. The summed E-state index contributed by atoms with van der Waals surface area (Å²) in [7, 11) is 1.53. The van der Waals surface area contributed by atoms with Gasteiger partial charge >= 0.3 is 0 Å². The average Bonchev–Trinajstić information content (AvgIpc) is 3.94. The number of nitrogens with one attached hydrogen (secondary N) is 1. The number of aromatic nitrogens is 3. The molecule has 0 unspecified atom stereocenters. The van der Waals surface area contributed by atoms with E-state index in [4.69, 9.17) is 31.8 Å². The van der Waals surface area contributed by atoms with E-state index >= 15 is 4.39 Å². The summed E-state index contributed by atoms with van der Waals surface area (Å²) in [5.41, 5.74) is 4.74. The van der Waals surface area contributed by atoms with Crippen LogP contribution in [0, 0.1) is 11.7 Å². The molecule has 44 heavy (non-hydrogen) atoms. The van der Waals surface area contributed by atoms with Crippen molar-refractivity contribution in [2.75, 3.05) is 20.3 Å². The lowest BCUT2D eigenvalue weighted by Gasteiger charge is -2.30. The van der Waals surface area contributed by atoms with Crippen molar-refractivity contribution in [1.29, 1.82) is 0 Å². The van der Waals surface area contributed by atoms with E-state index in [0.29, 0.717) is 41.3 Å². The van der Waals surface area contributed by atoms with E-state index in [-0.39, 0.29) is 46.8 Å². The Kier molecular flexibility index (Phi) is 6.60. The molecule has 2 amide bonds. The van der Waals surface area contributed by atoms with Gasteiger partial charge in [0.15, 0.2) is 0 Å². The summed E-state index contributed by atoms with van der Waals surface area (Å²) in [6.45, 7) is 1.39. The number of aliphatic hydroxyl groups is 1. The first kappa shape index (κ1) is 28.5. The Morgan fingerprint density at radius 2 is 2.02 bits per heavy atom. The molecule has 2 aliphatic carbocycles. The normalized spacial score (nSPS) is 20.6. The van der Waals surface area contributed by atoms with Crippen LogP contribution >= 0.6 is 11.6 Å². The minimum Gasteiger partial charge on any atom is -0.494 e. The summed E-state index contributed by atoms with van der Waals surface area (Å²) in [4.78, 5) is 30.8. The Hall–Kier alpha value is -4.22. The van der Waals surface area contributed by atoms with Crippen molar-refractivity contribution < 1.29 is 28.6 Å². The lowest BCUT2D eigenvalue weighted by Crippen LogP contribution is -2.44. The van der Waals surface area contributed by atoms with Gasteiger partial charge in [-0.1, -0.05) is 11.6 Å². The fourth-order valence-electron chi connectivity index (χ4n) is 5.93. The number of amides is 2. The molecule has 0 spiro atoms. The number of carbonyl (C=O) groups is 2. The Morgan fingerprint density at radius 1 is 1.25 bits per heavy atom. The van der Waals surface area contributed by atoms with Gasteiger partial charge in [0.05, 0.1) is 25.4 Å². The molecule has 3 heterocycles. The van der Waals surface area contributed by atoms with Crippen LogP contribution in [0.4, 0.5) is 4.39 Å². The van der Waals surface area contributed by atoms with Gasteiger partial charge in [0, 0.05) is 33.3 Å². The van der Waals surface area contributed by atoms with Gasteiger partial charge < -0.3 is 25.6 Å². The predicted molar refractivity (Wildman–Crippen MR) is 160 cm³/mol. The number of benzene rings is 2. The number of hydrogen-bond donors (Lipinski definition) is 3. The van der Waals surface area contributed by atoms with Crippen molar-refractivity contribution in [3.05, 3.63) is 70.3 Å². The highest BCUT2D eigenvalue weighted by Crippen LogP contribution is 2.50. The Morgan fingerprint density at radius 3 is 2.68 bits per heavy atom. The zero-order valence-corrected chi connectivity index (χ0v) is 24.9. The van der Waals surface area contributed by atoms with E-state index in [1.807, 2.05) is 10.9 Å². The Labute approximate surface area is 257 Å². The molecule has 0 bridgehead atoms.